The molecule has 0 bridgehead atoms. The minimum Gasteiger partial charge on any atom is -0.496 e. The van der Waals surface area contributed by atoms with E-state index in [1.165, 1.54) is 0 Å². The van der Waals surface area contributed by atoms with Crippen LogP contribution in [0.2, 0.25) is 0 Å². The van der Waals surface area contributed by atoms with Crippen molar-refractivity contribution in [1.82, 2.24) is 9.97 Å². The lowest BCUT2D eigenvalue weighted by molar-refractivity contribution is 0.397. The van der Waals surface area contributed by atoms with E-state index in [0.29, 0.717) is 11.7 Å². The highest BCUT2D eigenvalue weighted by atomic mass is 16.5. The summed E-state index contributed by atoms with van der Waals surface area (Å²) in [6.45, 7) is 1.92. The summed E-state index contributed by atoms with van der Waals surface area (Å²) in [4.78, 5) is 9.15. The predicted octanol–water partition coefficient (Wildman–Crippen LogP) is 2.93. The molecule has 1 aromatic carbocycles. The molecule has 0 radical (unpaired) electrons. The molecule has 1 fully saturated rings. The maximum atomic E-state index is 6.07. The Balaban J connectivity index is 2.24. The third kappa shape index (κ3) is 2.39. The fourth-order valence-electron chi connectivity index (χ4n) is 2.40. The largest absolute Gasteiger partial charge is 0.496 e. The molecule has 1 aromatic heterocycles. The van der Waals surface area contributed by atoms with Crippen LogP contribution in [0.4, 0.5) is 5.82 Å². The first-order chi connectivity index (χ1) is 10.2. The van der Waals surface area contributed by atoms with Crippen molar-refractivity contribution in [2.75, 3.05) is 20.0 Å². The van der Waals surface area contributed by atoms with E-state index in [1.807, 2.05) is 25.1 Å². The number of ether oxygens (including phenoxy) is 2. The first-order valence-corrected chi connectivity index (χ1v) is 7.01. The highest BCUT2D eigenvalue weighted by Crippen LogP contribution is 2.43. The van der Waals surface area contributed by atoms with Gasteiger partial charge in [-0.2, -0.15) is 0 Å². The summed E-state index contributed by atoms with van der Waals surface area (Å²) in [5.41, 5.74) is 8.54. The maximum absolute atomic E-state index is 6.07. The van der Waals surface area contributed by atoms with E-state index in [-0.39, 0.29) is 0 Å². The molecule has 1 heterocycles. The van der Waals surface area contributed by atoms with Crippen molar-refractivity contribution in [1.29, 1.82) is 0 Å². The van der Waals surface area contributed by atoms with Crippen LogP contribution < -0.4 is 15.2 Å². The van der Waals surface area contributed by atoms with Crippen LogP contribution in [0.1, 0.15) is 30.1 Å². The van der Waals surface area contributed by atoms with Crippen LogP contribution in [0.5, 0.6) is 11.5 Å². The Hall–Kier alpha value is -2.30. The van der Waals surface area contributed by atoms with Crippen molar-refractivity contribution >= 4 is 5.82 Å². The fraction of sp³-hybridized carbons (Fsp3) is 0.375. The Kier molecular flexibility index (Phi) is 3.41. The molecule has 5 nitrogen and oxygen atoms in total. The molecule has 0 amide bonds. The first-order valence-electron chi connectivity index (χ1n) is 7.01. The summed E-state index contributed by atoms with van der Waals surface area (Å²) >= 11 is 0. The number of nitrogens with zero attached hydrogens (tertiary/aromatic N) is 2. The number of methoxy groups -OCH3 is 2. The summed E-state index contributed by atoms with van der Waals surface area (Å²) in [7, 11) is 3.28. The Morgan fingerprint density at radius 2 is 1.71 bits per heavy atom. The van der Waals surface area contributed by atoms with Gasteiger partial charge in [-0.15, -0.1) is 0 Å². The Labute approximate surface area is 124 Å². The van der Waals surface area contributed by atoms with E-state index < -0.39 is 0 Å². The van der Waals surface area contributed by atoms with Crippen LogP contribution in [-0.4, -0.2) is 24.2 Å². The highest BCUT2D eigenvalue weighted by Gasteiger charge is 2.29. The molecule has 0 aliphatic heterocycles. The van der Waals surface area contributed by atoms with Crippen LogP contribution >= 0.6 is 0 Å². The van der Waals surface area contributed by atoms with Crippen molar-refractivity contribution in [3.8, 4) is 22.8 Å². The van der Waals surface area contributed by atoms with Crippen LogP contribution in [-0.2, 0) is 0 Å². The number of nitrogens with two attached hydrogens (primary N) is 1. The van der Waals surface area contributed by atoms with Crippen LogP contribution in [0, 0.1) is 6.92 Å². The third-order valence-electron chi connectivity index (χ3n) is 3.81. The van der Waals surface area contributed by atoms with Crippen LogP contribution in [0.3, 0.4) is 0 Å². The normalized spacial score (nSPS) is 14.0. The molecule has 3 rings (SSSR count). The molecule has 110 valence electrons. The van der Waals surface area contributed by atoms with Crippen LogP contribution in [0.25, 0.3) is 11.3 Å². The van der Waals surface area contributed by atoms with Crippen molar-refractivity contribution in [2.45, 2.75) is 25.7 Å². The van der Waals surface area contributed by atoms with Gasteiger partial charge in [-0.25, -0.2) is 9.97 Å². The summed E-state index contributed by atoms with van der Waals surface area (Å²) < 4.78 is 10.9. The molecular weight excluding hydrogens is 266 g/mol. The summed E-state index contributed by atoms with van der Waals surface area (Å²) in [6, 6.07) is 5.68. The number of benzene rings is 1. The Bertz CT molecular complexity index is 659. The number of hydrogen-bond donors (Lipinski definition) is 1. The molecule has 2 aromatic rings. The molecule has 1 aliphatic carbocycles. The minimum atomic E-state index is 0.437. The number of nitrogen functional groups attached to an aromatic ring is 1. The molecule has 2 N–H and O–H groups in total. The predicted molar refractivity (Wildman–Crippen MR) is 81.7 cm³/mol. The second-order valence-corrected chi connectivity index (χ2v) is 5.25. The molecule has 0 saturated heterocycles. The molecule has 0 spiro atoms. The minimum absolute atomic E-state index is 0.437. The summed E-state index contributed by atoms with van der Waals surface area (Å²) in [5, 5.41) is 0. The summed E-state index contributed by atoms with van der Waals surface area (Å²) in [6.07, 6.45) is 2.26. The van der Waals surface area contributed by atoms with E-state index in [1.54, 1.807) is 14.2 Å². The van der Waals surface area contributed by atoms with Gasteiger partial charge in [0, 0.05) is 11.5 Å². The molecule has 1 aliphatic rings. The van der Waals surface area contributed by atoms with Gasteiger partial charge < -0.3 is 15.2 Å². The smallest absolute Gasteiger partial charge is 0.134 e. The van der Waals surface area contributed by atoms with E-state index >= 15 is 0 Å². The van der Waals surface area contributed by atoms with Crippen molar-refractivity contribution < 1.29 is 9.47 Å². The van der Waals surface area contributed by atoms with Gasteiger partial charge in [-0.05, 0) is 31.9 Å². The van der Waals surface area contributed by atoms with E-state index in [9.17, 15) is 0 Å². The fourth-order valence-corrected chi connectivity index (χ4v) is 2.40. The van der Waals surface area contributed by atoms with Gasteiger partial charge in [0.2, 0.25) is 0 Å². The zero-order valence-electron chi connectivity index (χ0n) is 12.5. The summed E-state index contributed by atoms with van der Waals surface area (Å²) in [5.74, 6) is 3.22. The average Bonchev–Trinajstić information content (AvgIpc) is 3.34. The standard InChI is InChI=1S/C16H19N3O2/c1-9-14(18-16(10-7-8-10)19-15(9)17)13-11(20-2)5-4-6-12(13)21-3/h4-6,10H,7-8H2,1-3H3,(H2,17,18,19). The van der Waals surface area contributed by atoms with Gasteiger partial charge >= 0.3 is 0 Å². The first kappa shape index (κ1) is 13.7. The average molecular weight is 285 g/mol. The van der Waals surface area contributed by atoms with Gasteiger partial charge in [0.15, 0.2) is 0 Å². The maximum Gasteiger partial charge on any atom is 0.134 e. The topological polar surface area (TPSA) is 70.3 Å². The van der Waals surface area contributed by atoms with E-state index in [0.717, 1.165) is 47.0 Å². The lowest BCUT2D eigenvalue weighted by atomic mass is 10.0. The van der Waals surface area contributed by atoms with Crippen LogP contribution in [0.15, 0.2) is 18.2 Å². The second-order valence-electron chi connectivity index (χ2n) is 5.25. The van der Waals surface area contributed by atoms with Gasteiger partial charge in [0.25, 0.3) is 0 Å². The molecular formula is C16H19N3O2. The van der Waals surface area contributed by atoms with E-state index in [4.69, 9.17) is 20.2 Å². The Morgan fingerprint density at radius 1 is 1.10 bits per heavy atom. The monoisotopic (exact) mass is 285 g/mol. The van der Waals surface area contributed by atoms with Gasteiger partial charge in [-0.1, -0.05) is 6.07 Å². The molecule has 0 unspecified atom stereocenters. The van der Waals surface area contributed by atoms with Gasteiger partial charge in [-0.3, -0.25) is 0 Å². The Morgan fingerprint density at radius 3 is 2.24 bits per heavy atom. The lowest BCUT2D eigenvalue weighted by Gasteiger charge is -2.16. The number of aromatic nitrogens is 2. The van der Waals surface area contributed by atoms with Crippen molar-refractivity contribution in [2.24, 2.45) is 0 Å². The van der Waals surface area contributed by atoms with E-state index in [2.05, 4.69) is 4.98 Å². The number of hydrogen-bond acceptors (Lipinski definition) is 5. The van der Waals surface area contributed by atoms with Crippen molar-refractivity contribution in [3.63, 3.8) is 0 Å². The molecule has 5 heteroatoms. The number of rotatable bonds is 4. The quantitative estimate of drug-likeness (QED) is 0.935. The van der Waals surface area contributed by atoms with Gasteiger partial charge in [0.1, 0.15) is 23.1 Å². The zero-order chi connectivity index (χ0) is 15.0. The molecule has 0 atom stereocenters. The highest BCUT2D eigenvalue weighted by molar-refractivity contribution is 5.78. The second kappa shape index (κ2) is 5.24. The van der Waals surface area contributed by atoms with Gasteiger partial charge in [0.05, 0.1) is 25.5 Å². The molecule has 21 heavy (non-hydrogen) atoms. The third-order valence-corrected chi connectivity index (χ3v) is 3.81. The van der Waals surface area contributed by atoms with Crippen molar-refractivity contribution in [3.05, 3.63) is 29.6 Å². The lowest BCUT2D eigenvalue weighted by Crippen LogP contribution is -2.05. The zero-order valence-corrected chi connectivity index (χ0v) is 12.5. The number of anilines is 1. The SMILES string of the molecule is COc1cccc(OC)c1-c1nc(C2CC2)nc(N)c1C. The molecule has 1 saturated carbocycles.